The zero-order valence-electron chi connectivity index (χ0n) is 18.3. The standard InChI is InChI=1S/C25H23F2N3O2S/c1-29(2)13-6-14-30(25-28-23-21(27)15-18(26)16-22(23)33-25)24(31)17-9-11-20(12-10-17)32-19-7-4-3-5-8-19/h3-5,7-12,15-16H,6,13-14H2,1-2H3. The number of benzene rings is 3. The number of carbonyl (C=O) groups is 1. The van der Waals surface area contributed by atoms with Crippen molar-refractivity contribution in [1.29, 1.82) is 0 Å². The van der Waals surface area contributed by atoms with Crippen molar-refractivity contribution in [1.82, 2.24) is 9.88 Å². The molecule has 0 radical (unpaired) electrons. The lowest BCUT2D eigenvalue weighted by atomic mass is 10.2. The molecule has 0 saturated heterocycles. The van der Waals surface area contributed by atoms with E-state index in [9.17, 15) is 13.6 Å². The van der Waals surface area contributed by atoms with Gasteiger partial charge in [-0.3, -0.25) is 9.69 Å². The highest BCUT2D eigenvalue weighted by Gasteiger charge is 2.22. The summed E-state index contributed by atoms with van der Waals surface area (Å²) in [5.41, 5.74) is 0.514. The van der Waals surface area contributed by atoms with Crippen molar-refractivity contribution >= 4 is 32.6 Å². The molecule has 0 aliphatic carbocycles. The van der Waals surface area contributed by atoms with E-state index in [1.54, 1.807) is 24.3 Å². The van der Waals surface area contributed by atoms with E-state index >= 15 is 0 Å². The van der Waals surface area contributed by atoms with Gasteiger partial charge in [0.15, 0.2) is 10.9 Å². The van der Waals surface area contributed by atoms with Crippen LogP contribution in [0.25, 0.3) is 10.2 Å². The lowest BCUT2D eigenvalue weighted by Gasteiger charge is -2.21. The minimum Gasteiger partial charge on any atom is -0.457 e. The molecule has 1 aromatic heterocycles. The Morgan fingerprint density at radius 2 is 1.67 bits per heavy atom. The van der Waals surface area contributed by atoms with Gasteiger partial charge < -0.3 is 9.64 Å². The van der Waals surface area contributed by atoms with Crippen LogP contribution in [-0.2, 0) is 0 Å². The largest absolute Gasteiger partial charge is 0.457 e. The molecule has 0 aliphatic rings. The van der Waals surface area contributed by atoms with Gasteiger partial charge in [-0.2, -0.15) is 0 Å². The second-order valence-corrected chi connectivity index (χ2v) is 8.79. The number of amides is 1. The molecule has 0 aliphatic heterocycles. The number of halogens is 2. The molecule has 0 atom stereocenters. The van der Waals surface area contributed by atoms with Crippen molar-refractivity contribution in [2.75, 3.05) is 32.1 Å². The summed E-state index contributed by atoms with van der Waals surface area (Å²) in [4.78, 5) is 21.3. The number of aromatic nitrogens is 1. The summed E-state index contributed by atoms with van der Waals surface area (Å²) in [5, 5.41) is 0.336. The van der Waals surface area contributed by atoms with Crippen molar-refractivity contribution in [3.63, 3.8) is 0 Å². The Morgan fingerprint density at radius 1 is 0.970 bits per heavy atom. The summed E-state index contributed by atoms with van der Waals surface area (Å²) < 4.78 is 34.0. The summed E-state index contributed by atoms with van der Waals surface area (Å²) >= 11 is 1.10. The molecule has 3 aromatic carbocycles. The third-order valence-corrected chi connectivity index (χ3v) is 5.97. The Kier molecular flexibility index (Phi) is 6.96. The Hall–Kier alpha value is -3.36. The van der Waals surface area contributed by atoms with Gasteiger partial charge in [0, 0.05) is 18.2 Å². The second kappa shape index (κ2) is 10.1. The Bertz CT molecular complexity index is 1240. The van der Waals surface area contributed by atoms with Crippen molar-refractivity contribution in [2.45, 2.75) is 6.42 Å². The number of para-hydroxylation sites is 1. The number of thiazole rings is 1. The number of nitrogens with zero attached hydrogens (tertiary/aromatic N) is 3. The molecular formula is C25H23F2N3O2S. The molecule has 0 N–H and O–H groups in total. The zero-order chi connectivity index (χ0) is 23.4. The molecule has 4 rings (SSSR count). The van der Waals surface area contributed by atoms with E-state index in [1.165, 1.54) is 11.0 Å². The van der Waals surface area contributed by atoms with Crippen LogP contribution in [0.15, 0.2) is 66.7 Å². The Labute approximate surface area is 194 Å². The van der Waals surface area contributed by atoms with Crippen LogP contribution < -0.4 is 9.64 Å². The van der Waals surface area contributed by atoms with Gasteiger partial charge in [-0.25, -0.2) is 13.8 Å². The van der Waals surface area contributed by atoms with Crippen LogP contribution >= 0.6 is 11.3 Å². The first-order valence-electron chi connectivity index (χ1n) is 10.5. The minimum atomic E-state index is -0.740. The minimum absolute atomic E-state index is 0.0634. The molecule has 0 unspecified atom stereocenters. The zero-order valence-corrected chi connectivity index (χ0v) is 19.1. The number of hydrogen-bond acceptors (Lipinski definition) is 5. The third-order valence-electron chi connectivity index (χ3n) is 4.95. The molecule has 8 heteroatoms. The maximum Gasteiger partial charge on any atom is 0.260 e. The fourth-order valence-electron chi connectivity index (χ4n) is 3.34. The van der Waals surface area contributed by atoms with Crippen LogP contribution in [0.3, 0.4) is 0 Å². The van der Waals surface area contributed by atoms with Crippen LogP contribution in [0, 0.1) is 11.6 Å². The Balaban J connectivity index is 1.60. The van der Waals surface area contributed by atoms with Crippen LogP contribution in [0.2, 0.25) is 0 Å². The van der Waals surface area contributed by atoms with Gasteiger partial charge in [-0.15, -0.1) is 0 Å². The fraction of sp³-hybridized carbons (Fsp3) is 0.200. The summed E-state index contributed by atoms with van der Waals surface area (Å²) in [6, 6.07) is 18.2. The van der Waals surface area contributed by atoms with Gasteiger partial charge in [-0.1, -0.05) is 29.5 Å². The molecular weight excluding hydrogens is 444 g/mol. The van der Waals surface area contributed by atoms with Gasteiger partial charge in [0.25, 0.3) is 5.91 Å². The maximum absolute atomic E-state index is 14.2. The van der Waals surface area contributed by atoms with Gasteiger partial charge in [0.1, 0.15) is 22.8 Å². The number of fused-ring (bicyclic) bond motifs is 1. The van der Waals surface area contributed by atoms with E-state index in [-0.39, 0.29) is 11.4 Å². The average Bonchev–Trinajstić information content (AvgIpc) is 3.21. The number of carbonyl (C=O) groups excluding carboxylic acids is 1. The summed E-state index contributed by atoms with van der Waals surface area (Å²) in [6.07, 6.45) is 0.695. The first-order valence-corrected chi connectivity index (χ1v) is 11.3. The first-order chi connectivity index (χ1) is 15.9. The normalized spacial score (nSPS) is 11.2. The van der Waals surface area contributed by atoms with E-state index in [0.717, 1.165) is 23.9 Å². The highest BCUT2D eigenvalue weighted by atomic mass is 32.1. The molecule has 5 nitrogen and oxygen atoms in total. The monoisotopic (exact) mass is 467 g/mol. The quantitative estimate of drug-likeness (QED) is 0.321. The molecule has 4 aromatic rings. The third kappa shape index (κ3) is 5.53. The summed E-state index contributed by atoms with van der Waals surface area (Å²) in [5.74, 6) is -0.370. The highest BCUT2D eigenvalue weighted by molar-refractivity contribution is 7.22. The average molecular weight is 468 g/mol. The predicted octanol–water partition coefficient (Wildman–Crippen LogP) is 5.97. The van der Waals surface area contributed by atoms with Crippen molar-refractivity contribution in [3.05, 3.63) is 83.9 Å². The van der Waals surface area contributed by atoms with Crippen LogP contribution in [0.5, 0.6) is 11.5 Å². The van der Waals surface area contributed by atoms with Crippen LogP contribution in [-0.4, -0.2) is 43.0 Å². The summed E-state index contributed by atoms with van der Waals surface area (Å²) in [6.45, 7) is 1.16. The van der Waals surface area contributed by atoms with E-state index in [0.29, 0.717) is 39.9 Å². The van der Waals surface area contributed by atoms with E-state index < -0.39 is 11.6 Å². The van der Waals surface area contributed by atoms with E-state index in [1.807, 2.05) is 49.3 Å². The van der Waals surface area contributed by atoms with Crippen LogP contribution in [0.4, 0.5) is 13.9 Å². The number of anilines is 1. The predicted molar refractivity (Wildman–Crippen MR) is 127 cm³/mol. The molecule has 33 heavy (non-hydrogen) atoms. The molecule has 0 fully saturated rings. The van der Waals surface area contributed by atoms with Gasteiger partial charge in [0.05, 0.1) is 4.70 Å². The molecule has 1 heterocycles. The SMILES string of the molecule is CN(C)CCCN(C(=O)c1ccc(Oc2ccccc2)cc1)c1nc2c(F)cc(F)cc2s1. The molecule has 0 spiro atoms. The van der Waals surface area contributed by atoms with Crippen molar-refractivity contribution in [2.24, 2.45) is 0 Å². The van der Waals surface area contributed by atoms with Gasteiger partial charge in [0.2, 0.25) is 0 Å². The molecule has 170 valence electrons. The topological polar surface area (TPSA) is 45.7 Å². The lowest BCUT2D eigenvalue weighted by molar-refractivity contribution is 0.0986. The van der Waals surface area contributed by atoms with Crippen LogP contribution in [0.1, 0.15) is 16.8 Å². The van der Waals surface area contributed by atoms with Gasteiger partial charge in [-0.05, 0) is 69.5 Å². The van der Waals surface area contributed by atoms with E-state index in [2.05, 4.69) is 4.98 Å². The van der Waals surface area contributed by atoms with Crippen molar-refractivity contribution < 1.29 is 18.3 Å². The number of hydrogen-bond donors (Lipinski definition) is 0. The molecule has 0 bridgehead atoms. The lowest BCUT2D eigenvalue weighted by Crippen LogP contribution is -2.33. The highest BCUT2D eigenvalue weighted by Crippen LogP contribution is 2.32. The fourth-order valence-corrected chi connectivity index (χ4v) is 4.37. The summed E-state index contributed by atoms with van der Waals surface area (Å²) in [7, 11) is 3.90. The molecule has 1 amide bonds. The van der Waals surface area contributed by atoms with Crippen molar-refractivity contribution in [3.8, 4) is 11.5 Å². The first kappa shape index (κ1) is 22.8. The Morgan fingerprint density at radius 3 is 2.36 bits per heavy atom. The smallest absolute Gasteiger partial charge is 0.260 e. The van der Waals surface area contributed by atoms with Gasteiger partial charge >= 0.3 is 0 Å². The number of ether oxygens (including phenoxy) is 1. The second-order valence-electron chi connectivity index (χ2n) is 7.78. The maximum atomic E-state index is 14.2. The number of rotatable bonds is 8. The van der Waals surface area contributed by atoms with E-state index in [4.69, 9.17) is 4.74 Å². The molecule has 0 saturated carbocycles.